The van der Waals surface area contributed by atoms with E-state index in [9.17, 15) is 4.79 Å². The molecule has 1 aromatic rings. The highest BCUT2D eigenvalue weighted by molar-refractivity contribution is 5.85. The molecule has 17 heavy (non-hydrogen) atoms. The van der Waals surface area contributed by atoms with Crippen molar-refractivity contribution in [2.24, 2.45) is 0 Å². The highest BCUT2D eigenvalue weighted by Crippen LogP contribution is 2.30. The molecule has 1 unspecified atom stereocenters. The van der Waals surface area contributed by atoms with Gasteiger partial charge in [0.2, 0.25) is 0 Å². The summed E-state index contributed by atoms with van der Waals surface area (Å²) >= 11 is 0. The van der Waals surface area contributed by atoms with Crippen molar-refractivity contribution < 1.29 is 9.90 Å². The van der Waals surface area contributed by atoms with E-state index in [0.29, 0.717) is 6.42 Å². The number of carbonyl (C=O) groups is 1. The van der Waals surface area contributed by atoms with E-state index < -0.39 is 11.9 Å². The molecule has 0 saturated heterocycles. The Kier molecular flexibility index (Phi) is 3.87. The molecule has 4 nitrogen and oxygen atoms in total. The van der Waals surface area contributed by atoms with E-state index in [4.69, 9.17) is 5.11 Å². The lowest BCUT2D eigenvalue weighted by Gasteiger charge is -2.19. The van der Waals surface area contributed by atoms with Crippen LogP contribution in [0.5, 0.6) is 0 Å². The maximum absolute atomic E-state index is 11.1. The van der Waals surface area contributed by atoms with Crippen LogP contribution in [0.15, 0.2) is 6.20 Å². The van der Waals surface area contributed by atoms with Gasteiger partial charge in [-0.05, 0) is 12.8 Å². The normalized spacial score (nSPS) is 19.4. The Morgan fingerprint density at radius 3 is 2.71 bits per heavy atom. The lowest BCUT2D eigenvalue weighted by atomic mass is 9.93. The molecule has 0 aromatic carbocycles. The summed E-state index contributed by atoms with van der Waals surface area (Å²) in [5, 5.41) is 9.14. The molecule has 0 aliphatic carbocycles. The van der Waals surface area contributed by atoms with Gasteiger partial charge in [-0.15, -0.1) is 12.4 Å². The third kappa shape index (κ3) is 2.63. The summed E-state index contributed by atoms with van der Waals surface area (Å²) in [6.45, 7) is 7.17. The standard InChI is InChI=1S/C12H18N2O2.ClH/c1-12(2,3)9-7-14-6-4-5-8(11(15)16)10(14)13-9;/h7-8H,4-6H2,1-3H3,(H,15,16);1H. The Hall–Kier alpha value is -1.03. The fourth-order valence-electron chi connectivity index (χ4n) is 2.08. The lowest BCUT2D eigenvalue weighted by Crippen LogP contribution is -2.22. The number of hydrogen-bond acceptors (Lipinski definition) is 2. The van der Waals surface area contributed by atoms with Gasteiger partial charge in [-0.25, -0.2) is 4.98 Å². The van der Waals surface area contributed by atoms with Gasteiger partial charge in [-0.2, -0.15) is 0 Å². The molecule has 0 bridgehead atoms. The number of hydrogen-bond donors (Lipinski definition) is 1. The van der Waals surface area contributed by atoms with Crippen molar-refractivity contribution in [3.05, 3.63) is 17.7 Å². The van der Waals surface area contributed by atoms with Crippen LogP contribution in [-0.4, -0.2) is 20.6 Å². The van der Waals surface area contributed by atoms with Crippen LogP contribution in [0.1, 0.15) is 51.0 Å². The molecule has 2 rings (SSSR count). The first-order valence-electron chi connectivity index (χ1n) is 5.70. The molecule has 96 valence electrons. The number of carboxylic acid groups (broad SMARTS) is 1. The number of aromatic nitrogens is 2. The summed E-state index contributed by atoms with van der Waals surface area (Å²) in [5.74, 6) is -0.458. The Bertz CT molecular complexity index is 421. The molecule has 0 amide bonds. The summed E-state index contributed by atoms with van der Waals surface area (Å²) in [4.78, 5) is 15.6. The zero-order valence-electron chi connectivity index (χ0n) is 10.4. The molecule has 0 saturated carbocycles. The van der Waals surface area contributed by atoms with Crippen LogP contribution in [0.25, 0.3) is 0 Å². The summed E-state index contributed by atoms with van der Waals surface area (Å²) in [7, 11) is 0. The molecule has 0 radical (unpaired) electrons. The predicted molar refractivity (Wildman–Crippen MR) is 67.8 cm³/mol. The summed E-state index contributed by atoms with van der Waals surface area (Å²) in [6, 6.07) is 0. The van der Waals surface area contributed by atoms with Crippen molar-refractivity contribution in [2.75, 3.05) is 0 Å². The van der Waals surface area contributed by atoms with E-state index >= 15 is 0 Å². The summed E-state index contributed by atoms with van der Waals surface area (Å²) < 4.78 is 2.00. The van der Waals surface area contributed by atoms with Gasteiger partial charge in [0.1, 0.15) is 11.7 Å². The number of aryl methyl sites for hydroxylation is 1. The number of halogens is 1. The van der Waals surface area contributed by atoms with Gasteiger partial charge in [0, 0.05) is 18.2 Å². The van der Waals surface area contributed by atoms with Gasteiger partial charge in [-0.3, -0.25) is 4.79 Å². The van der Waals surface area contributed by atoms with E-state index in [-0.39, 0.29) is 17.8 Å². The van der Waals surface area contributed by atoms with E-state index in [2.05, 4.69) is 25.8 Å². The first-order valence-corrected chi connectivity index (χ1v) is 5.70. The molecule has 1 aliphatic rings. The maximum atomic E-state index is 11.1. The molecule has 1 aliphatic heterocycles. The van der Waals surface area contributed by atoms with E-state index in [1.54, 1.807) is 0 Å². The molecule has 1 N–H and O–H groups in total. The van der Waals surface area contributed by atoms with Crippen LogP contribution in [0.4, 0.5) is 0 Å². The molecule has 0 fully saturated rings. The molecular weight excluding hydrogens is 240 g/mol. The topological polar surface area (TPSA) is 55.1 Å². The highest BCUT2D eigenvalue weighted by atomic mass is 35.5. The second-order valence-corrected chi connectivity index (χ2v) is 5.46. The van der Waals surface area contributed by atoms with Crippen molar-refractivity contribution in [3.8, 4) is 0 Å². The van der Waals surface area contributed by atoms with Gasteiger partial charge in [0.25, 0.3) is 0 Å². The average Bonchev–Trinajstić information content (AvgIpc) is 2.59. The number of rotatable bonds is 1. The van der Waals surface area contributed by atoms with Gasteiger partial charge in [0.15, 0.2) is 0 Å². The van der Waals surface area contributed by atoms with Crippen LogP contribution >= 0.6 is 12.4 Å². The van der Waals surface area contributed by atoms with Gasteiger partial charge >= 0.3 is 5.97 Å². The number of carboxylic acids is 1. The third-order valence-corrected chi connectivity index (χ3v) is 3.08. The molecule has 2 heterocycles. The Labute approximate surface area is 107 Å². The van der Waals surface area contributed by atoms with Crippen LogP contribution < -0.4 is 0 Å². The minimum absolute atomic E-state index is 0. The smallest absolute Gasteiger partial charge is 0.314 e. The Morgan fingerprint density at radius 1 is 1.53 bits per heavy atom. The summed E-state index contributed by atoms with van der Waals surface area (Å²) in [5.41, 5.74) is 0.962. The molecule has 1 aromatic heterocycles. The minimum Gasteiger partial charge on any atom is -0.481 e. The highest BCUT2D eigenvalue weighted by Gasteiger charge is 2.30. The van der Waals surface area contributed by atoms with Crippen molar-refractivity contribution in [2.45, 2.75) is 51.5 Å². The number of aliphatic carboxylic acids is 1. The Morgan fingerprint density at radius 2 is 2.18 bits per heavy atom. The molecular formula is C12H19ClN2O2. The second kappa shape index (κ2) is 4.69. The van der Waals surface area contributed by atoms with Gasteiger partial charge in [0.05, 0.1) is 5.69 Å². The minimum atomic E-state index is -0.757. The fourth-order valence-corrected chi connectivity index (χ4v) is 2.08. The number of imidazole rings is 1. The first kappa shape index (κ1) is 14.0. The monoisotopic (exact) mass is 258 g/mol. The van der Waals surface area contributed by atoms with Gasteiger partial charge < -0.3 is 9.67 Å². The predicted octanol–water partition coefficient (Wildman–Crippen LogP) is 2.56. The Balaban J connectivity index is 0.00000144. The third-order valence-electron chi connectivity index (χ3n) is 3.08. The van der Waals surface area contributed by atoms with Crippen molar-refractivity contribution >= 4 is 18.4 Å². The van der Waals surface area contributed by atoms with E-state index in [1.165, 1.54) is 0 Å². The largest absolute Gasteiger partial charge is 0.481 e. The van der Waals surface area contributed by atoms with Crippen LogP contribution in [0.2, 0.25) is 0 Å². The van der Waals surface area contributed by atoms with Crippen molar-refractivity contribution in [1.29, 1.82) is 0 Å². The first-order chi connectivity index (χ1) is 7.39. The van der Waals surface area contributed by atoms with E-state index in [1.807, 2.05) is 10.8 Å². The quantitative estimate of drug-likeness (QED) is 0.842. The van der Waals surface area contributed by atoms with Crippen LogP contribution in [0.3, 0.4) is 0 Å². The SMILES string of the molecule is CC(C)(C)c1cn2c(n1)C(C(=O)O)CCC2.Cl. The summed E-state index contributed by atoms with van der Waals surface area (Å²) in [6.07, 6.45) is 3.63. The number of nitrogens with zero attached hydrogens (tertiary/aromatic N) is 2. The molecule has 5 heteroatoms. The lowest BCUT2D eigenvalue weighted by molar-refractivity contribution is -0.139. The van der Waals surface area contributed by atoms with Crippen LogP contribution in [-0.2, 0) is 16.8 Å². The number of fused-ring (bicyclic) bond motifs is 1. The molecule has 0 spiro atoms. The van der Waals surface area contributed by atoms with Crippen molar-refractivity contribution in [1.82, 2.24) is 9.55 Å². The average molecular weight is 259 g/mol. The van der Waals surface area contributed by atoms with Crippen molar-refractivity contribution in [3.63, 3.8) is 0 Å². The van der Waals surface area contributed by atoms with Gasteiger partial charge in [-0.1, -0.05) is 20.8 Å². The molecule has 1 atom stereocenters. The maximum Gasteiger partial charge on any atom is 0.314 e. The zero-order chi connectivity index (χ0) is 11.9. The fraction of sp³-hybridized carbons (Fsp3) is 0.667. The zero-order valence-corrected chi connectivity index (χ0v) is 11.3. The van der Waals surface area contributed by atoms with E-state index in [0.717, 1.165) is 24.5 Å². The van der Waals surface area contributed by atoms with Crippen LogP contribution in [0, 0.1) is 0 Å². The second-order valence-electron chi connectivity index (χ2n) is 5.46.